The number of ether oxygens (including phenoxy) is 1. The van der Waals surface area contributed by atoms with Crippen molar-refractivity contribution in [1.29, 1.82) is 0 Å². The molecule has 0 saturated carbocycles. The van der Waals surface area contributed by atoms with E-state index in [-0.39, 0.29) is 0 Å². The van der Waals surface area contributed by atoms with E-state index in [1.165, 1.54) is 11.3 Å². The zero-order valence-corrected chi connectivity index (χ0v) is 12.7. The fourth-order valence-electron chi connectivity index (χ4n) is 2.38. The van der Waals surface area contributed by atoms with Crippen LogP contribution in [0.15, 0.2) is 22.7 Å². The van der Waals surface area contributed by atoms with Gasteiger partial charge in [0.25, 0.3) is 0 Å². The molecule has 1 aliphatic heterocycles. The Balaban J connectivity index is 2.26. The third kappa shape index (κ3) is 3.46. The molecule has 2 rings (SSSR count). The minimum absolute atomic E-state index is 0.300. The van der Waals surface area contributed by atoms with Gasteiger partial charge in [0, 0.05) is 36.4 Å². The lowest BCUT2D eigenvalue weighted by atomic mass is 10.1. The molecule has 1 N–H and O–H groups in total. The Hall–Kier alpha value is -0.580. The molecule has 1 unspecified atom stereocenters. The van der Waals surface area contributed by atoms with E-state index in [9.17, 15) is 0 Å². The highest BCUT2D eigenvalue weighted by atomic mass is 79.9. The molecule has 0 spiro atoms. The summed E-state index contributed by atoms with van der Waals surface area (Å²) in [6, 6.07) is 6.50. The highest BCUT2D eigenvalue weighted by molar-refractivity contribution is 9.10. The van der Waals surface area contributed by atoms with Gasteiger partial charge < -0.3 is 15.0 Å². The van der Waals surface area contributed by atoms with Crippen LogP contribution in [0.2, 0.25) is 0 Å². The molecule has 0 aromatic heterocycles. The monoisotopic (exact) mass is 312 g/mol. The molecule has 1 saturated heterocycles. The van der Waals surface area contributed by atoms with Crippen LogP contribution in [0.25, 0.3) is 0 Å². The van der Waals surface area contributed by atoms with E-state index in [0.717, 1.165) is 37.1 Å². The highest BCUT2D eigenvalue weighted by Crippen LogP contribution is 2.26. The smallest absolute Gasteiger partial charge is 0.0721 e. The molecule has 0 bridgehead atoms. The van der Waals surface area contributed by atoms with Gasteiger partial charge in [-0.25, -0.2) is 0 Å². The van der Waals surface area contributed by atoms with Crippen molar-refractivity contribution in [1.82, 2.24) is 5.32 Å². The van der Waals surface area contributed by atoms with Gasteiger partial charge in [0.2, 0.25) is 0 Å². The van der Waals surface area contributed by atoms with Crippen LogP contribution in [0.5, 0.6) is 0 Å². The Bertz CT molecular complexity index is 397. The van der Waals surface area contributed by atoms with Gasteiger partial charge in [0.1, 0.15) is 0 Å². The van der Waals surface area contributed by atoms with Crippen molar-refractivity contribution in [2.45, 2.75) is 26.0 Å². The molecule has 3 nitrogen and oxygen atoms in total. The number of nitrogens with one attached hydrogen (secondary N) is 1. The quantitative estimate of drug-likeness (QED) is 0.929. The lowest BCUT2D eigenvalue weighted by Crippen LogP contribution is -2.31. The second kappa shape index (κ2) is 6.55. The summed E-state index contributed by atoms with van der Waals surface area (Å²) < 4.78 is 6.85. The number of benzene rings is 1. The van der Waals surface area contributed by atoms with Crippen molar-refractivity contribution in [2.24, 2.45) is 0 Å². The average Bonchev–Trinajstić information content (AvgIpc) is 2.56. The molecule has 1 fully saturated rings. The standard InChI is InChI=1S/C14H21BrN2O/c1-11-10-17(6-3-7-18-11)14-8-13(15)5-4-12(14)9-16-2/h4-5,8,11,16H,3,6-7,9-10H2,1-2H3. The van der Waals surface area contributed by atoms with Crippen molar-refractivity contribution in [2.75, 3.05) is 31.6 Å². The summed E-state index contributed by atoms with van der Waals surface area (Å²) >= 11 is 3.57. The second-order valence-corrected chi connectivity index (χ2v) is 5.70. The molecular weight excluding hydrogens is 292 g/mol. The Labute approximate surface area is 118 Å². The van der Waals surface area contributed by atoms with Gasteiger partial charge in [0.15, 0.2) is 0 Å². The SMILES string of the molecule is CNCc1ccc(Br)cc1N1CCCOC(C)C1. The van der Waals surface area contributed by atoms with E-state index in [2.05, 4.69) is 51.3 Å². The van der Waals surface area contributed by atoms with Crippen molar-refractivity contribution in [3.8, 4) is 0 Å². The Morgan fingerprint density at radius 3 is 3.11 bits per heavy atom. The van der Waals surface area contributed by atoms with Crippen LogP contribution in [0.1, 0.15) is 18.9 Å². The van der Waals surface area contributed by atoms with Gasteiger partial charge in [-0.2, -0.15) is 0 Å². The largest absolute Gasteiger partial charge is 0.377 e. The van der Waals surface area contributed by atoms with Crippen LogP contribution in [0, 0.1) is 0 Å². The van der Waals surface area contributed by atoms with E-state index in [1.807, 2.05) is 7.05 Å². The molecule has 1 aliphatic rings. The summed E-state index contributed by atoms with van der Waals surface area (Å²) in [5, 5.41) is 3.24. The topological polar surface area (TPSA) is 24.5 Å². The molecule has 1 aromatic carbocycles. The number of nitrogens with zero attached hydrogens (tertiary/aromatic N) is 1. The Morgan fingerprint density at radius 2 is 2.33 bits per heavy atom. The summed E-state index contributed by atoms with van der Waals surface area (Å²) in [4.78, 5) is 2.44. The fraction of sp³-hybridized carbons (Fsp3) is 0.571. The van der Waals surface area contributed by atoms with Crippen LogP contribution in [-0.4, -0.2) is 32.8 Å². The van der Waals surface area contributed by atoms with Crippen LogP contribution in [0.4, 0.5) is 5.69 Å². The van der Waals surface area contributed by atoms with Crippen molar-refractivity contribution in [3.05, 3.63) is 28.2 Å². The van der Waals surface area contributed by atoms with E-state index >= 15 is 0 Å². The van der Waals surface area contributed by atoms with Gasteiger partial charge in [-0.05, 0) is 38.1 Å². The zero-order valence-electron chi connectivity index (χ0n) is 11.1. The molecule has 1 atom stereocenters. The summed E-state index contributed by atoms with van der Waals surface area (Å²) in [7, 11) is 1.99. The third-order valence-electron chi connectivity index (χ3n) is 3.21. The summed E-state index contributed by atoms with van der Waals surface area (Å²) in [5.74, 6) is 0. The van der Waals surface area contributed by atoms with Gasteiger partial charge >= 0.3 is 0 Å². The van der Waals surface area contributed by atoms with Gasteiger partial charge in [0.05, 0.1) is 6.10 Å². The Kier molecular flexibility index (Phi) is 5.03. The summed E-state index contributed by atoms with van der Waals surface area (Å²) in [6.07, 6.45) is 1.39. The highest BCUT2D eigenvalue weighted by Gasteiger charge is 2.17. The molecule has 0 aliphatic carbocycles. The first kappa shape index (κ1) is 13.8. The van der Waals surface area contributed by atoms with Crippen molar-refractivity contribution < 1.29 is 4.74 Å². The van der Waals surface area contributed by atoms with Crippen LogP contribution in [-0.2, 0) is 11.3 Å². The number of hydrogen-bond donors (Lipinski definition) is 1. The normalized spacial score (nSPS) is 20.8. The van der Waals surface area contributed by atoms with Gasteiger partial charge in [-0.15, -0.1) is 0 Å². The predicted octanol–water partition coefficient (Wildman–Crippen LogP) is 2.78. The first-order valence-corrected chi connectivity index (χ1v) is 7.29. The van der Waals surface area contributed by atoms with Crippen molar-refractivity contribution in [3.63, 3.8) is 0 Å². The van der Waals surface area contributed by atoms with Crippen LogP contribution >= 0.6 is 15.9 Å². The number of hydrogen-bond acceptors (Lipinski definition) is 3. The van der Waals surface area contributed by atoms with Crippen LogP contribution in [0.3, 0.4) is 0 Å². The summed E-state index contributed by atoms with van der Waals surface area (Å²) in [6.45, 7) is 5.94. The summed E-state index contributed by atoms with van der Waals surface area (Å²) in [5.41, 5.74) is 2.66. The number of rotatable bonds is 3. The van der Waals surface area contributed by atoms with E-state index in [0.29, 0.717) is 6.10 Å². The number of halogens is 1. The second-order valence-electron chi connectivity index (χ2n) is 4.78. The minimum Gasteiger partial charge on any atom is -0.377 e. The average molecular weight is 313 g/mol. The Morgan fingerprint density at radius 1 is 1.50 bits per heavy atom. The fourth-order valence-corrected chi connectivity index (χ4v) is 2.73. The molecule has 100 valence electrons. The van der Waals surface area contributed by atoms with Crippen molar-refractivity contribution >= 4 is 21.6 Å². The molecule has 1 heterocycles. The molecule has 0 radical (unpaired) electrons. The molecule has 0 amide bonds. The van der Waals surface area contributed by atoms with E-state index in [4.69, 9.17) is 4.74 Å². The van der Waals surface area contributed by atoms with E-state index in [1.54, 1.807) is 0 Å². The maximum atomic E-state index is 5.72. The zero-order chi connectivity index (χ0) is 13.0. The maximum absolute atomic E-state index is 5.72. The first-order chi connectivity index (χ1) is 8.70. The minimum atomic E-state index is 0.300. The lowest BCUT2D eigenvalue weighted by molar-refractivity contribution is 0.0821. The van der Waals surface area contributed by atoms with Gasteiger partial charge in [-0.3, -0.25) is 0 Å². The number of anilines is 1. The maximum Gasteiger partial charge on any atom is 0.0721 e. The lowest BCUT2D eigenvalue weighted by Gasteiger charge is -2.27. The molecule has 1 aromatic rings. The van der Waals surface area contributed by atoms with E-state index < -0.39 is 0 Å². The predicted molar refractivity (Wildman–Crippen MR) is 79.1 cm³/mol. The van der Waals surface area contributed by atoms with Gasteiger partial charge in [-0.1, -0.05) is 22.0 Å². The van der Waals surface area contributed by atoms with Crippen LogP contribution < -0.4 is 10.2 Å². The molecular formula is C14H21BrN2O. The third-order valence-corrected chi connectivity index (χ3v) is 3.70. The molecule has 4 heteroatoms. The molecule has 18 heavy (non-hydrogen) atoms. The first-order valence-electron chi connectivity index (χ1n) is 6.50.